The fourth-order valence-electron chi connectivity index (χ4n) is 2.80. The second kappa shape index (κ2) is 12.4. The number of ketones is 1. The van der Waals surface area contributed by atoms with Crippen molar-refractivity contribution in [2.45, 2.75) is 12.8 Å². The Morgan fingerprint density at radius 2 is 1.56 bits per heavy atom. The molecule has 32 heavy (non-hydrogen) atoms. The molecule has 0 aliphatic rings. The molecule has 2 amide bonds. The van der Waals surface area contributed by atoms with Gasteiger partial charge in [-0.05, 0) is 31.2 Å². The smallest absolute Gasteiger partial charge is 0.293 e. The fourth-order valence-corrected chi connectivity index (χ4v) is 2.80. The van der Waals surface area contributed by atoms with Gasteiger partial charge in [0.15, 0.2) is 23.0 Å². The van der Waals surface area contributed by atoms with E-state index in [0.717, 1.165) is 4.57 Å². The van der Waals surface area contributed by atoms with Crippen LogP contribution in [0.2, 0.25) is 0 Å². The van der Waals surface area contributed by atoms with Crippen molar-refractivity contribution in [2.75, 3.05) is 19.6 Å². The number of nitrogens with two attached hydrogens (primary N) is 1. The summed E-state index contributed by atoms with van der Waals surface area (Å²) in [4.78, 5) is 47.0. The number of rotatable bonds is 10. The standard InChI is InChI=1S/C20H24N4O7.Tm/c1-24-10-6-13(17(28)20(24)31)19(30)23-9-8-22-7-2-3-14(25)11-4-5-12(18(21)29)16(27)15(11)26;/h4-6,10,22,26-28H,2-3,7-9H2,1H3,(H2,21,29)(H,23,30);. The van der Waals surface area contributed by atoms with Gasteiger partial charge >= 0.3 is 0 Å². The van der Waals surface area contributed by atoms with Crippen LogP contribution in [0.1, 0.15) is 43.9 Å². The van der Waals surface area contributed by atoms with E-state index in [0.29, 0.717) is 19.5 Å². The molecule has 0 saturated heterocycles. The zero-order valence-corrected chi connectivity index (χ0v) is 18.9. The minimum Gasteiger partial charge on any atom is -0.504 e. The quantitative estimate of drug-likeness (QED) is 0.121. The number of aromatic nitrogens is 1. The molecule has 1 aromatic carbocycles. The van der Waals surface area contributed by atoms with Crippen LogP contribution < -0.4 is 21.9 Å². The number of primary amides is 1. The van der Waals surface area contributed by atoms with Gasteiger partial charge < -0.3 is 36.3 Å². The second-order valence-electron chi connectivity index (χ2n) is 6.75. The van der Waals surface area contributed by atoms with E-state index in [4.69, 9.17) is 5.73 Å². The molecule has 11 nitrogen and oxygen atoms in total. The predicted octanol–water partition coefficient (Wildman–Crippen LogP) is -0.416. The summed E-state index contributed by atoms with van der Waals surface area (Å²) in [6.07, 6.45) is 1.87. The summed E-state index contributed by atoms with van der Waals surface area (Å²) >= 11 is 0. The third-order valence-electron chi connectivity index (χ3n) is 4.55. The van der Waals surface area contributed by atoms with E-state index < -0.39 is 40.4 Å². The molecule has 1 heterocycles. The van der Waals surface area contributed by atoms with E-state index in [1.165, 1.54) is 31.4 Å². The van der Waals surface area contributed by atoms with Crippen LogP contribution in [-0.4, -0.2) is 57.1 Å². The number of nitrogens with zero attached hydrogens (tertiary/aromatic N) is 1. The van der Waals surface area contributed by atoms with E-state index in [9.17, 15) is 34.5 Å². The number of carbonyl (C=O) groups excluding carboxylic acids is 3. The predicted molar refractivity (Wildman–Crippen MR) is 110 cm³/mol. The van der Waals surface area contributed by atoms with Gasteiger partial charge in [0.2, 0.25) is 0 Å². The molecule has 1 aromatic heterocycles. The first-order chi connectivity index (χ1) is 14.6. The summed E-state index contributed by atoms with van der Waals surface area (Å²) in [6.45, 7) is 1.04. The van der Waals surface area contributed by atoms with Crippen LogP contribution in [-0.2, 0) is 7.05 Å². The molecule has 0 atom stereocenters. The zero-order chi connectivity index (χ0) is 23.1. The van der Waals surface area contributed by atoms with E-state index in [1.54, 1.807) is 0 Å². The number of hydrogen-bond donors (Lipinski definition) is 6. The maximum atomic E-state index is 12.2. The molecule has 1 radical (unpaired) electrons. The fraction of sp³-hybridized carbons (Fsp3) is 0.300. The van der Waals surface area contributed by atoms with Crippen molar-refractivity contribution in [3.8, 4) is 17.2 Å². The van der Waals surface area contributed by atoms with Crippen molar-refractivity contribution in [1.29, 1.82) is 0 Å². The molecule has 0 unspecified atom stereocenters. The van der Waals surface area contributed by atoms with Crippen LogP contribution in [0.5, 0.6) is 17.2 Å². The first kappa shape index (κ1) is 27.4. The summed E-state index contributed by atoms with van der Waals surface area (Å²) in [5.74, 6) is -3.95. The summed E-state index contributed by atoms with van der Waals surface area (Å²) < 4.78 is 1.15. The number of nitrogens with one attached hydrogen (secondary N) is 2. The van der Waals surface area contributed by atoms with Crippen molar-refractivity contribution in [3.63, 3.8) is 0 Å². The third-order valence-corrected chi connectivity index (χ3v) is 4.55. The van der Waals surface area contributed by atoms with Gasteiger partial charge in [0.25, 0.3) is 17.4 Å². The molecular formula is C20H24N4O7Tm. The van der Waals surface area contributed by atoms with Gasteiger partial charge in [-0.25, -0.2) is 0 Å². The Morgan fingerprint density at radius 1 is 0.938 bits per heavy atom. The normalized spacial score (nSPS) is 10.3. The van der Waals surface area contributed by atoms with Crippen LogP contribution in [0.4, 0.5) is 0 Å². The summed E-state index contributed by atoms with van der Waals surface area (Å²) in [5, 5.41) is 35.0. The minimum absolute atomic E-state index is 0. The first-order valence-electron chi connectivity index (χ1n) is 9.40. The van der Waals surface area contributed by atoms with Crippen molar-refractivity contribution in [1.82, 2.24) is 15.2 Å². The molecular weight excluding hydrogens is 577 g/mol. The number of phenols is 2. The van der Waals surface area contributed by atoms with Gasteiger partial charge in [-0.2, -0.15) is 0 Å². The Morgan fingerprint density at radius 3 is 2.22 bits per heavy atom. The maximum Gasteiger partial charge on any atom is 0.293 e. The van der Waals surface area contributed by atoms with Crippen molar-refractivity contribution in [2.24, 2.45) is 12.8 Å². The molecule has 7 N–H and O–H groups in total. The number of carbonyl (C=O) groups is 3. The number of aryl methyl sites for hydroxylation is 1. The number of hydrogen-bond acceptors (Lipinski definition) is 8. The molecule has 2 aromatic rings. The molecule has 0 aliphatic carbocycles. The molecule has 0 bridgehead atoms. The van der Waals surface area contributed by atoms with Crippen LogP contribution >= 0.6 is 0 Å². The average molecular weight is 601 g/mol. The molecule has 0 aliphatic heterocycles. The number of pyridine rings is 1. The largest absolute Gasteiger partial charge is 0.504 e. The number of aromatic hydroxyl groups is 3. The molecule has 12 heteroatoms. The Balaban J connectivity index is 0.00000512. The van der Waals surface area contributed by atoms with Crippen LogP contribution in [0.15, 0.2) is 29.2 Å². The zero-order valence-electron chi connectivity index (χ0n) is 17.1. The Labute approximate surface area is 212 Å². The van der Waals surface area contributed by atoms with Crippen LogP contribution in [0, 0.1) is 36.9 Å². The third kappa shape index (κ3) is 6.68. The van der Waals surface area contributed by atoms with E-state index in [2.05, 4.69) is 10.6 Å². The maximum absolute atomic E-state index is 12.2. The van der Waals surface area contributed by atoms with Crippen LogP contribution in [0.25, 0.3) is 0 Å². The molecule has 2 rings (SSSR count). The number of amides is 2. The summed E-state index contributed by atoms with van der Waals surface area (Å²) in [7, 11) is 1.46. The molecule has 179 valence electrons. The van der Waals surface area contributed by atoms with Gasteiger partial charge in [-0.3, -0.25) is 19.2 Å². The van der Waals surface area contributed by atoms with Crippen molar-refractivity contribution < 1.29 is 66.6 Å². The first-order valence-corrected chi connectivity index (χ1v) is 9.40. The Kier molecular flexibility index (Phi) is 10.6. The molecule has 0 saturated carbocycles. The van der Waals surface area contributed by atoms with E-state index in [-0.39, 0.29) is 66.5 Å². The Bertz CT molecular complexity index is 1070. The van der Waals surface area contributed by atoms with Crippen LogP contribution in [0.3, 0.4) is 0 Å². The van der Waals surface area contributed by atoms with Crippen molar-refractivity contribution in [3.05, 3.63) is 51.4 Å². The summed E-state index contributed by atoms with van der Waals surface area (Å²) in [5.41, 5.74) is 3.90. The molecule has 0 fully saturated rings. The van der Waals surface area contributed by atoms with Gasteiger partial charge in [0.05, 0.1) is 16.7 Å². The summed E-state index contributed by atoms with van der Waals surface area (Å²) in [6, 6.07) is 3.74. The van der Waals surface area contributed by atoms with E-state index in [1.807, 2.05) is 0 Å². The van der Waals surface area contributed by atoms with E-state index >= 15 is 0 Å². The number of phenolic OH excluding ortho intramolecular Hbond substituents is 1. The number of benzene rings is 1. The minimum atomic E-state index is -0.923. The monoisotopic (exact) mass is 601 g/mol. The topological polar surface area (TPSA) is 184 Å². The number of Topliss-reactive ketones (excluding diaryl/α,β-unsaturated/α-hetero) is 1. The Hall–Kier alpha value is -2.63. The molecule has 0 spiro atoms. The van der Waals surface area contributed by atoms with Crippen molar-refractivity contribution >= 4 is 17.6 Å². The van der Waals surface area contributed by atoms with Gasteiger partial charge in [-0.1, -0.05) is 0 Å². The second-order valence-corrected chi connectivity index (χ2v) is 6.75. The SMILES string of the molecule is Cn1ccc(C(=O)NCCNCCCC(=O)c2ccc(C(N)=O)c(O)c2O)c(O)c1=O.[Tm]. The average Bonchev–Trinajstić information content (AvgIpc) is 2.72. The van der Waals surface area contributed by atoms with Gasteiger partial charge in [0, 0.05) is 69.6 Å². The van der Waals surface area contributed by atoms with Gasteiger partial charge in [-0.15, -0.1) is 0 Å². The van der Waals surface area contributed by atoms with Gasteiger partial charge in [0.1, 0.15) is 0 Å².